The van der Waals surface area contributed by atoms with Crippen molar-refractivity contribution in [2.75, 3.05) is 29.9 Å². The third kappa shape index (κ3) is 5.72. The lowest BCUT2D eigenvalue weighted by Crippen LogP contribution is -2.34. The predicted molar refractivity (Wildman–Crippen MR) is 127 cm³/mol. The molecule has 1 atom stereocenters. The van der Waals surface area contributed by atoms with Gasteiger partial charge in [0.15, 0.2) is 5.11 Å². The van der Waals surface area contributed by atoms with Gasteiger partial charge in [-0.05, 0) is 80.2 Å². The number of esters is 1. The van der Waals surface area contributed by atoms with Gasteiger partial charge in [0, 0.05) is 31.0 Å². The molecule has 3 rings (SSSR count). The molecule has 1 saturated heterocycles. The van der Waals surface area contributed by atoms with Crippen molar-refractivity contribution >= 4 is 34.7 Å². The van der Waals surface area contributed by atoms with Crippen molar-refractivity contribution in [3.8, 4) is 0 Å². The molecule has 1 fully saturated rings. The highest BCUT2D eigenvalue weighted by Crippen LogP contribution is 2.23. The van der Waals surface area contributed by atoms with Gasteiger partial charge in [0.1, 0.15) is 0 Å². The number of carbonyl (C=O) groups excluding carboxylic acids is 1. The van der Waals surface area contributed by atoms with Gasteiger partial charge in [-0.1, -0.05) is 25.1 Å². The van der Waals surface area contributed by atoms with Gasteiger partial charge in [-0.3, -0.25) is 0 Å². The first-order valence-corrected chi connectivity index (χ1v) is 11.0. The van der Waals surface area contributed by atoms with Gasteiger partial charge in [-0.2, -0.15) is 0 Å². The number of nitrogens with zero attached hydrogens (tertiary/aromatic N) is 1. The van der Waals surface area contributed by atoms with Crippen LogP contribution in [-0.4, -0.2) is 30.8 Å². The lowest BCUT2D eigenvalue weighted by atomic mass is 9.99. The van der Waals surface area contributed by atoms with Crippen LogP contribution in [0.1, 0.15) is 48.2 Å². The number of hydrogen-bond donors (Lipinski definition) is 2. The van der Waals surface area contributed by atoms with Crippen LogP contribution in [0.5, 0.6) is 0 Å². The van der Waals surface area contributed by atoms with Gasteiger partial charge < -0.3 is 20.3 Å². The monoisotopic (exact) mass is 425 g/mol. The number of hydrogen-bond acceptors (Lipinski definition) is 4. The summed E-state index contributed by atoms with van der Waals surface area (Å²) < 4.78 is 5.11. The first-order chi connectivity index (χ1) is 14.5. The van der Waals surface area contributed by atoms with Gasteiger partial charge in [-0.25, -0.2) is 4.79 Å². The molecule has 1 heterocycles. The zero-order valence-corrected chi connectivity index (χ0v) is 18.8. The zero-order chi connectivity index (χ0) is 21.5. The van der Waals surface area contributed by atoms with Crippen LogP contribution in [0.15, 0.2) is 42.5 Å². The third-order valence-corrected chi connectivity index (χ3v) is 5.74. The first kappa shape index (κ1) is 22.1. The molecule has 30 heavy (non-hydrogen) atoms. The molecule has 0 spiro atoms. The molecule has 0 bridgehead atoms. The van der Waals surface area contributed by atoms with Crippen molar-refractivity contribution in [2.45, 2.75) is 40.2 Å². The molecule has 0 saturated carbocycles. The van der Waals surface area contributed by atoms with E-state index in [0.717, 1.165) is 30.3 Å². The second-order valence-electron chi connectivity index (χ2n) is 7.87. The third-order valence-electron chi connectivity index (χ3n) is 5.49. The second kappa shape index (κ2) is 10.4. The lowest BCUT2D eigenvalue weighted by molar-refractivity contribution is 0.0525. The van der Waals surface area contributed by atoms with E-state index in [-0.39, 0.29) is 5.97 Å². The smallest absolute Gasteiger partial charge is 0.338 e. The fourth-order valence-corrected chi connectivity index (χ4v) is 3.98. The molecule has 6 heteroatoms. The Balaban J connectivity index is 1.55. The Bertz CT molecular complexity index is 883. The second-order valence-corrected chi connectivity index (χ2v) is 8.27. The molecule has 2 aromatic carbocycles. The molecule has 2 aromatic rings. The van der Waals surface area contributed by atoms with Crippen molar-refractivity contribution in [1.29, 1.82) is 0 Å². The Labute approximate surface area is 184 Å². The standard InChI is InChI=1S/C24H31N3O2S/c1-4-29-23(28)21-8-5-9-22(18(21)3)26-24(30)25-15-19-10-12-20(13-11-19)27-14-6-7-17(2)16-27/h5,8-13,17H,4,6-7,14-16H2,1-3H3,(H2,25,26,30)/t17-/m1/s1. The first-order valence-electron chi connectivity index (χ1n) is 10.6. The van der Waals surface area contributed by atoms with E-state index < -0.39 is 0 Å². The maximum absolute atomic E-state index is 12.1. The lowest BCUT2D eigenvalue weighted by Gasteiger charge is -2.32. The van der Waals surface area contributed by atoms with Crippen LogP contribution in [0.2, 0.25) is 0 Å². The molecule has 0 aliphatic carbocycles. The molecule has 0 unspecified atom stereocenters. The number of benzene rings is 2. The van der Waals surface area contributed by atoms with Gasteiger partial charge in [0.2, 0.25) is 0 Å². The van der Waals surface area contributed by atoms with E-state index in [1.165, 1.54) is 24.1 Å². The van der Waals surface area contributed by atoms with Crippen LogP contribution in [-0.2, 0) is 11.3 Å². The summed E-state index contributed by atoms with van der Waals surface area (Å²) in [5.41, 5.74) is 4.63. The average molecular weight is 426 g/mol. The molecular formula is C24H31N3O2S. The molecule has 1 aliphatic rings. The molecule has 5 nitrogen and oxygen atoms in total. The molecule has 0 aromatic heterocycles. The van der Waals surface area contributed by atoms with Gasteiger partial charge in [0.05, 0.1) is 12.2 Å². The number of ether oxygens (including phenoxy) is 1. The van der Waals surface area contributed by atoms with Crippen LogP contribution in [0.3, 0.4) is 0 Å². The van der Waals surface area contributed by atoms with E-state index in [9.17, 15) is 4.79 Å². The normalized spacial score (nSPS) is 16.1. The molecule has 0 radical (unpaired) electrons. The van der Waals surface area contributed by atoms with Crippen LogP contribution < -0.4 is 15.5 Å². The van der Waals surface area contributed by atoms with E-state index >= 15 is 0 Å². The number of rotatable bonds is 6. The van der Waals surface area contributed by atoms with Crippen molar-refractivity contribution < 1.29 is 9.53 Å². The van der Waals surface area contributed by atoms with Gasteiger partial charge >= 0.3 is 5.97 Å². The minimum Gasteiger partial charge on any atom is -0.462 e. The number of anilines is 2. The molecule has 160 valence electrons. The Morgan fingerprint density at radius 1 is 1.23 bits per heavy atom. The summed E-state index contributed by atoms with van der Waals surface area (Å²) in [6.07, 6.45) is 2.59. The fraction of sp³-hybridized carbons (Fsp3) is 0.417. The Morgan fingerprint density at radius 3 is 2.70 bits per heavy atom. The van der Waals surface area contributed by atoms with Gasteiger partial charge in [0.25, 0.3) is 0 Å². The Morgan fingerprint density at radius 2 is 2.00 bits per heavy atom. The maximum Gasteiger partial charge on any atom is 0.338 e. The summed E-state index contributed by atoms with van der Waals surface area (Å²) in [5, 5.41) is 6.96. The topological polar surface area (TPSA) is 53.6 Å². The minimum absolute atomic E-state index is 0.319. The Hall–Kier alpha value is -2.60. The Kier molecular flexibility index (Phi) is 7.69. The van der Waals surface area contributed by atoms with Crippen LogP contribution in [0.25, 0.3) is 0 Å². The van der Waals surface area contributed by atoms with Crippen molar-refractivity contribution in [2.24, 2.45) is 5.92 Å². The van der Waals surface area contributed by atoms with E-state index in [2.05, 4.69) is 46.7 Å². The zero-order valence-electron chi connectivity index (χ0n) is 18.0. The SMILES string of the molecule is CCOC(=O)c1cccc(NC(=S)NCc2ccc(N3CCC[C@@H](C)C3)cc2)c1C. The average Bonchev–Trinajstić information content (AvgIpc) is 2.74. The number of piperidine rings is 1. The van der Waals surface area contributed by atoms with Crippen molar-refractivity contribution in [3.05, 3.63) is 59.2 Å². The van der Waals surface area contributed by atoms with Crippen molar-refractivity contribution in [3.63, 3.8) is 0 Å². The van der Waals surface area contributed by atoms with Crippen LogP contribution in [0.4, 0.5) is 11.4 Å². The number of nitrogens with one attached hydrogen (secondary N) is 2. The van der Waals surface area contributed by atoms with E-state index in [0.29, 0.717) is 23.8 Å². The molecule has 0 amide bonds. The van der Waals surface area contributed by atoms with E-state index in [1.54, 1.807) is 13.0 Å². The van der Waals surface area contributed by atoms with Crippen LogP contribution in [0, 0.1) is 12.8 Å². The summed E-state index contributed by atoms with van der Waals surface area (Å²) in [6.45, 7) is 9.27. The fourth-order valence-electron chi connectivity index (χ4n) is 3.80. The summed E-state index contributed by atoms with van der Waals surface area (Å²) >= 11 is 5.45. The highest BCUT2D eigenvalue weighted by Gasteiger charge is 2.16. The predicted octanol–water partition coefficient (Wildman–Crippen LogP) is 4.89. The summed E-state index contributed by atoms with van der Waals surface area (Å²) in [7, 11) is 0. The van der Waals surface area contributed by atoms with Crippen LogP contribution >= 0.6 is 12.2 Å². The van der Waals surface area contributed by atoms with E-state index in [4.69, 9.17) is 17.0 Å². The molecular weight excluding hydrogens is 394 g/mol. The maximum atomic E-state index is 12.1. The minimum atomic E-state index is -0.319. The van der Waals surface area contributed by atoms with E-state index in [1.807, 2.05) is 19.1 Å². The number of carbonyl (C=O) groups is 1. The molecule has 1 aliphatic heterocycles. The summed E-state index contributed by atoms with van der Waals surface area (Å²) in [5.74, 6) is 0.440. The number of thiocarbonyl (C=S) groups is 1. The quantitative estimate of drug-likeness (QED) is 0.507. The van der Waals surface area contributed by atoms with Gasteiger partial charge in [-0.15, -0.1) is 0 Å². The summed E-state index contributed by atoms with van der Waals surface area (Å²) in [4.78, 5) is 14.5. The summed E-state index contributed by atoms with van der Waals surface area (Å²) in [6, 6.07) is 14.2. The highest BCUT2D eigenvalue weighted by atomic mass is 32.1. The largest absolute Gasteiger partial charge is 0.462 e. The van der Waals surface area contributed by atoms with Crippen molar-refractivity contribution in [1.82, 2.24) is 5.32 Å². The molecule has 2 N–H and O–H groups in total. The highest BCUT2D eigenvalue weighted by molar-refractivity contribution is 7.80.